The van der Waals surface area contributed by atoms with Crippen LogP contribution in [0.15, 0.2) is 18.2 Å². The van der Waals surface area contributed by atoms with Crippen molar-refractivity contribution in [2.45, 2.75) is 18.5 Å². The summed E-state index contributed by atoms with van der Waals surface area (Å²) in [6, 6.07) is 5.44. The number of nitriles is 1. The number of carbonyl (C=O) groups excluding carboxylic acids is 1. The third-order valence-electron chi connectivity index (χ3n) is 3.08. The zero-order chi connectivity index (χ0) is 12.6. The van der Waals surface area contributed by atoms with Gasteiger partial charge in [-0.2, -0.15) is 5.26 Å². The second-order valence-corrected chi connectivity index (χ2v) is 4.17. The fraction of sp³-hybridized carbons (Fsp3) is 0.333. The van der Waals surface area contributed by atoms with Crippen molar-refractivity contribution in [2.24, 2.45) is 5.73 Å². The molecule has 2 unspecified atom stereocenters. The first-order chi connectivity index (χ1) is 8.04. The van der Waals surface area contributed by atoms with Gasteiger partial charge in [0.15, 0.2) is 0 Å². The van der Waals surface area contributed by atoms with Crippen molar-refractivity contribution < 1.29 is 9.18 Å². The maximum absolute atomic E-state index is 13.2. The number of likely N-dealkylation sites (tertiary alicyclic amines) is 1. The Morgan fingerprint density at radius 3 is 2.82 bits per heavy atom. The predicted octanol–water partition coefficient (Wildman–Crippen LogP) is 0.928. The van der Waals surface area contributed by atoms with Gasteiger partial charge in [-0.05, 0) is 17.7 Å². The average Bonchev–Trinajstić information content (AvgIpc) is 2.55. The summed E-state index contributed by atoms with van der Waals surface area (Å²) in [4.78, 5) is 13.0. The van der Waals surface area contributed by atoms with Crippen LogP contribution in [-0.2, 0) is 4.79 Å². The molecular formula is C12H12FN3O. The zero-order valence-corrected chi connectivity index (χ0v) is 9.35. The van der Waals surface area contributed by atoms with Crippen LogP contribution < -0.4 is 5.73 Å². The van der Waals surface area contributed by atoms with Crippen molar-refractivity contribution in [3.63, 3.8) is 0 Å². The zero-order valence-electron chi connectivity index (χ0n) is 9.35. The van der Waals surface area contributed by atoms with E-state index in [1.807, 2.05) is 0 Å². The smallest absolute Gasteiger partial charge is 0.224 e. The monoisotopic (exact) mass is 233 g/mol. The Morgan fingerprint density at radius 2 is 2.29 bits per heavy atom. The topological polar surface area (TPSA) is 70.1 Å². The first-order valence-corrected chi connectivity index (χ1v) is 5.25. The lowest BCUT2D eigenvalue weighted by Crippen LogP contribution is -2.30. The maximum atomic E-state index is 13.2. The molecule has 1 heterocycles. The van der Waals surface area contributed by atoms with Crippen LogP contribution in [0.3, 0.4) is 0 Å². The molecule has 1 amide bonds. The molecule has 2 N–H and O–H groups in total. The lowest BCUT2D eigenvalue weighted by molar-refractivity contribution is -0.127. The molecule has 0 radical (unpaired) electrons. The molecule has 1 aliphatic heterocycles. The third kappa shape index (κ3) is 1.87. The van der Waals surface area contributed by atoms with E-state index in [4.69, 9.17) is 11.0 Å². The molecule has 0 saturated carbocycles. The summed E-state index contributed by atoms with van der Waals surface area (Å²) in [5.74, 6) is -0.595. The molecule has 5 heteroatoms. The van der Waals surface area contributed by atoms with Crippen LogP contribution in [0.1, 0.15) is 23.6 Å². The standard InChI is InChI=1S/C12H12FN3O/c1-16-11(17)5-10(15)12(16)7-2-3-9(13)8(4-7)6-14/h2-4,10,12H,5,15H2,1H3. The fourth-order valence-electron chi connectivity index (χ4n) is 2.18. The van der Waals surface area contributed by atoms with Gasteiger partial charge in [-0.25, -0.2) is 4.39 Å². The highest BCUT2D eigenvalue weighted by atomic mass is 19.1. The number of benzene rings is 1. The highest BCUT2D eigenvalue weighted by Gasteiger charge is 2.36. The van der Waals surface area contributed by atoms with Crippen LogP contribution in [0.5, 0.6) is 0 Å². The van der Waals surface area contributed by atoms with Gasteiger partial charge in [-0.3, -0.25) is 4.79 Å². The molecule has 0 aromatic heterocycles. The molecule has 2 atom stereocenters. The van der Waals surface area contributed by atoms with E-state index in [1.165, 1.54) is 12.1 Å². The number of rotatable bonds is 1. The predicted molar refractivity (Wildman–Crippen MR) is 59.2 cm³/mol. The Hall–Kier alpha value is -1.93. The van der Waals surface area contributed by atoms with Crippen molar-refractivity contribution >= 4 is 5.91 Å². The molecule has 1 saturated heterocycles. The lowest BCUT2D eigenvalue weighted by Gasteiger charge is -2.23. The van der Waals surface area contributed by atoms with Gasteiger partial charge < -0.3 is 10.6 Å². The largest absolute Gasteiger partial charge is 0.337 e. The van der Waals surface area contributed by atoms with Gasteiger partial charge >= 0.3 is 0 Å². The van der Waals surface area contributed by atoms with Gasteiger partial charge in [0.05, 0.1) is 11.6 Å². The van der Waals surface area contributed by atoms with Crippen LogP contribution in [0, 0.1) is 17.1 Å². The van der Waals surface area contributed by atoms with E-state index in [1.54, 1.807) is 24.1 Å². The molecule has 0 aliphatic carbocycles. The molecule has 4 nitrogen and oxygen atoms in total. The van der Waals surface area contributed by atoms with E-state index < -0.39 is 5.82 Å². The molecule has 88 valence electrons. The SMILES string of the molecule is CN1C(=O)CC(N)C1c1ccc(F)c(C#N)c1. The van der Waals surface area contributed by atoms with Gasteiger partial charge in [0, 0.05) is 19.5 Å². The number of nitrogens with two attached hydrogens (primary N) is 1. The van der Waals surface area contributed by atoms with Crippen LogP contribution in [0.2, 0.25) is 0 Å². The Bertz CT molecular complexity index is 509. The minimum atomic E-state index is -0.559. The van der Waals surface area contributed by atoms with E-state index in [2.05, 4.69) is 0 Å². The first-order valence-electron chi connectivity index (χ1n) is 5.25. The third-order valence-corrected chi connectivity index (χ3v) is 3.08. The number of hydrogen-bond acceptors (Lipinski definition) is 3. The summed E-state index contributed by atoms with van der Waals surface area (Å²) >= 11 is 0. The molecule has 0 bridgehead atoms. The average molecular weight is 233 g/mol. The Kier molecular flexibility index (Phi) is 2.82. The number of likely N-dealkylation sites (N-methyl/N-ethyl adjacent to an activating group) is 1. The fourth-order valence-corrected chi connectivity index (χ4v) is 2.18. The number of amides is 1. The van der Waals surface area contributed by atoms with Gasteiger partial charge in [-0.15, -0.1) is 0 Å². The minimum absolute atomic E-state index is 0.0255. The number of nitrogens with zero attached hydrogens (tertiary/aromatic N) is 2. The first kappa shape index (κ1) is 11.6. The van der Waals surface area contributed by atoms with Crippen molar-refractivity contribution in [1.29, 1.82) is 5.26 Å². The molecule has 17 heavy (non-hydrogen) atoms. The molecule has 1 aromatic rings. The van der Waals surface area contributed by atoms with Crippen LogP contribution >= 0.6 is 0 Å². The number of halogens is 1. The van der Waals surface area contributed by atoms with Crippen molar-refractivity contribution in [2.75, 3.05) is 7.05 Å². The van der Waals surface area contributed by atoms with Gasteiger partial charge in [0.1, 0.15) is 11.9 Å². The number of carbonyl (C=O) groups is 1. The van der Waals surface area contributed by atoms with Crippen LogP contribution in [-0.4, -0.2) is 23.9 Å². The van der Waals surface area contributed by atoms with Crippen LogP contribution in [0.25, 0.3) is 0 Å². The van der Waals surface area contributed by atoms with Crippen molar-refractivity contribution in [1.82, 2.24) is 4.90 Å². The second kappa shape index (κ2) is 4.15. The molecule has 1 aliphatic rings. The van der Waals surface area contributed by atoms with E-state index in [9.17, 15) is 9.18 Å². The molecule has 0 spiro atoms. The van der Waals surface area contributed by atoms with Gasteiger partial charge in [-0.1, -0.05) is 6.07 Å². The van der Waals surface area contributed by atoms with Crippen LogP contribution in [0.4, 0.5) is 4.39 Å². The van der Waals surface area contributed by atoms with E-state index in [0.29, 0.717) is 5.56 Å². The van der Waals surface area contributed by atoms with Crippen molar-refractivity contribution in [3.05, 3.63) is 35.1 Å². The summed E-state index contributed by atoms with van der Waals surface area (Å²) in [5, 5.41) is 8.77. The van der Waals surface area contributed by atoms with Crippen molar-refractivity contribution in [3.8, 4) is 6.07 Å². The summed E-state index contributed by atoms with van der Waals surface area (Å²) in [6.07, 6.45) is 0.278. The quantitative estimate of drug-likeness (QED) is 0.784. The molecule has 1 aromatic carbocycles. The van der Waals surface area contributed by atoms with Gasteiger partial charge in [0.25, 0.3) is 0 Å². The minimum Gasteiger partial charge on any atom is -0.337 e. The Morgan fingerprint density at radius 1 is 1.59 bits per heavy atom. The van der Waals surface area contributed by atoms with Gasteiger partial charge in [0.2, 0.25) is 5.91 Å². The molecule has 1 fully saturated rings. The lowest BCUT2D eigenvalue weighted by atomic mass is 9.99. The Balaban J connectivity index is 2.41. The maximum Gasteiger partial charge on any atom is 0.224 e. The number of hydrogen-bond donors (Lipinski definition) is 1. The highest BCUT2D eigenvalue weighted by Crippen LogP contribution is 2.31. The van der Waals surface area contributed by atoms with E-state index in [-0.39, 0.29) is 30.0 Å². The van der Waals surface area contributed by atoms with E-state index >= 15 is 0 Å². The normalized spacial score (nSPS) is 23.9. The molecular weight excluding hydrogens is 221 g/mol. The highest BCUT2D eigenvalue weighted by molar-refractivity contribution is 5.80. The summed E-state index contributed by atoms with van der Waals surface area (Å²) < 4.78 is 13.2. The summed E-state index contributed by atoms with van der Waals surface area (Å²) in [6.45, 7) is 0. The second-order valence-electron chi connectivity index (χ2n) is 4.17. The molecule has 2 rings (SSSR count). The summed E-state index contributed by atoms with van der Waals surface area (Å²) in [5.41, 5.74) is 6.55. The summed E-state index contributed by atoms with van der Waals surface area (Å²) in [7, 11) is 1.66. The Labute approximate surface area is 98.4 Å². The van der Waals surface area contributed by atoms with E-state index in [0.717, 1.165) is 0 Å².